The highest BCUT2D eigenvalue weighted by atomic mass is 19.2. The number of methoxy groups -OCH3 is 1. The highest BCUT2D eigenvalue weighted by Gasteiger charge is 2.29. The maximum absolute atomic E-state index is 13.9. The van der Waals surface area contributed by atoms with E-state index in [2.05, 4.69) is 10.8 Å². The Balaban J connectivity index is 1.71. The van der Waals surface area contributed by atoms with Gasteiger partial charge in [0, 0.05) is 19.2 Å². The predicted octanol–water partition coefficient (Wildman–Crippen LogP) is 4.02. The predicted molar refractivity (Wildman–Crippen MR) is 116 cm³/mol. The van der Waals surface area contributed by atoms with Crippen molar-refractivity contribution in [3.8, 4) is 5.75 Å². The Hall–Kier alpha value is -3.59. The standard InChI is InChI=1S/C25H22F3NO5/c1-33-22(31)11-18(16-8-19(26)23(28)20(27)9-16)25-24(32)21(30)10-17(34-25)13-29-7-6-14-4-2-3-5-15(14)12-29/h2-5,8-10,18,32H,6-7,11-13H2,1H3/t18-/m1/s1. The van der Waals surface area contributed by atoms with Crippen molar-refractivity contribution < 1.29 is 32.2 Å². The van der Waals surface area contributed by atoms with Crippen molar-refractivity contribution in [3.05, 3.63) is 98.4 Å². The Morgan fingerprint density at radius 1 is 1.15 bits per heavy atom. The molecule has 3 aromatic rings. The van der Waals surface area contributed by atoms with Crippen LogP contribution in [-0.4, -0.2) is 29.6 Å². The van der Waals surface area contributed by atoms with Gasteiger partial charge < -0.3 is 14.3 Å². The molecule has 0 saturated heterocycles. The molecular weight excluding hydrogens is 451 g/mol. The van der Waals surface area contributed by atoms with Gasteiger partial charge in [0.25, 0.3) is 0 Å². The molecule has 2 aromatic carbocycles. The Kier molecular flexibility index (Phi) is 6.74. The number of esters is 1. The summed E-state index contributed by atoms with van der Waals surface area (Å²) in [7, 11) is 1.12. The van der Waals surface area contributed by atoms with Crippen molar-refractivity contribution in [2.75, 3.05) is 13.7 Å². The van der Waals surface area contributed by atoms with Crippen molar-refractivity contribution >= 4 is 5.97 Å². The van der Waals surface area contributed by atoms with Crippen LogP contribution in [0.5, 0.6) is 5.75 Å². The van der Waals surface area contributed by atoms with E-state index in [9.17, 15) is 27.9 Å². The average molecular weight is 473 g/mol. The van der Waals surface area contributed by atoms with Gasteiger partial charge >= 0.3 is 5.97 Å². The van der Waals surface area contributed by atoms with E-state index in [1.54, 1.807) is 0 Å². The van der Waals surface area contributed by atoms with E-state index in [-0.39, 0.29) is 23.6 Å². The van der Waals surface area contributed by atoms with E-state index in [0.717, 1.165) is 25.2 Å². The first-order valence-electron chi connectivity index (χ1n) is 10.6. The van der Waals surface area contributed by atoms with Gasteiger partial charge in [0.05, 0.1) is 26.0 Å². The fourth-order valence-corrected chi connectivity index (χ4v) is 4.17. The van der Waals surface area contributed by atoms with Gasteiger partial charge in [0.1, 0.15) is 5.76 Å². The van der Waals surface area contributed by atoms with Gasteiger partial charge in [-0.1, -0.05) is 24.3 Å². The summed E-state index contributed by atoms with van der Waals surface area (Å²) in [6.45, 7) is 1.56. The lowest BCUT2D eigenvalue weighted by molar-refractivity contribution is -0.140. The zero-order valence-electron chi connectivity index (χ0n) is 18.3. The highest BCUT2D eigenvalue weighted by molar-refractivity contribution is 5.71. The molecule has 0 bridgehead atoms. The van der Waals surface area contributed by atoms with E-state index in [1.165, 1.54) is 5.56 Å². The Bertz CT molecular complexity index is 1270. The molecule has 0 amide bonds. The quantitative estimate of drug-likeness (QED) is 0.431. The summed E-state index contributed by atoms with van der Waals surface area (Å²) in [5.41, 5.74) is 1.43. The molecule has 0 spiro atoms. The second kappa shape index (κ2) is 9.72. The normalized spacial score (nSPS) is 14.5. The smallest absolute Gasteiger partial charge is 0.306 e. The van der Waals surface area contributed by atoms with Crippen LogP contribution >= 0.6 is 0 Å². The number of carbonyl (C=O) groups excluding carboxylic acids is 1. The number of nitrogens with zero attached hydrogens (tertiary/aromatic N) is 1. The van der Waals surface area contributed by atoms with Crippen LogP contribution in [0.2, 0.25) is 0 Å². The number of fused-ring (bicyclic) bond motifs is 1. The molecule has 0 aliphatic carbocycles. The van der Waals surface area contributed by atoms with E-state index < -0.39 is 46.9 Å². The first-order valence-corrected chi connectivity index (χ1v) is 10.6. The maximum atomic E-state index is 13.9. The third-order valence-electron chi connectivity index (χ3n) is 5.91. The van der Waals surface area contributed by atoms with E-state index in [4.69, 9.17) is 4.42 Å². The molecule has 1 aliphatic heterocycles. The van der Waals surface area contributed by atoms with Gasteiger partial charge in [-0.15, -0.1) is 0 Å². The zero-order chi connectivity index (χ0) is 24.4. The van der Waals surface area contributed by atoms with Gasteiger partial charge in [-0.2, -0.15) is 0 Å². The molecule has 0 saturated carbocycles. The van der Waals surface area contributed by atoms with E-state index in [0.29, 0.717) is 25.2 Å². The fraction of sp³-hybridized carbons (Fsp3) is 0.280. The molecule has 2 heterocycles. The van der Waals surface area contributed by atoms with Crippen LogP contribution in [0.15, 0.2) is 51.7 Å². The number of benzene rings is 2. The first kappa shape index (κ1) is 23.6. The van der Waals surface area contributed by atoms with Gasteiger partial charge in [-0.05, 0) is 35.2 Å². The molecule has 9 heteroatoms. The van der Waals surface area contributed by atoms with Crippen molar-refractivity contribution in [1.29, 1.82) is 0 Å². The Labute approximate surface area is 193 Å². The highest BCUT2D eigenvalue weighted by Crippen LogP contribution is 2.35. The van der Waals surface area contributed by atoms with Crippen molar-refractivity contribution in [3.63, 3.8) is 0 Å². The molecule has 0 unspecified atom stereocenters. The fourth-order valence-electron chi connectivity index (χ4n) is 4.17. The zero-order valence-corrected chi connectivity index (χ0v) is 18.3. The minimum atomic E-state index is -1.68. The molecule has 1 N–H and O–H groups in total. The number of carbonyl (C=O) groups is 1. The lowest BCUT2D eigenvalue weighted by Crippen LogP contribution is -2.30. The number of aromatic hydroxyl groups is 1. The molecule has 34 heavy (non-hydrogen) atoms. The average Bonchev–Trinajstić information content (AvgIpc) is 2.82. The molecule has 0 fully saturated rings. The summed E-state index contributed by atoms with van der Waals surface area (Å²) in [5, 5.41) is 10.4. The van der Waals surface area contributed by atoms with Gasteiger partial charge in [-0.3, -0.25) is 14.5 Å². The molecular formula is C25H22F3NO5. The Morgan fingerprint density at radius 3 is 2.50 bits per heavy atom. The second-order valence-electron chi connectivity index (χ2n) is 8.15. The molecule has 6 nitrogen and oxygen atoms in total. The van der Waals surface area contributed by atoms with Crippen LogP contribution in [0.25, 0.3) is 0 Å². The van der Waals surface area contributed by atoms with Crippen LogP contribution in [0.3, 0.4) is 0 Å². The SMILES string of the molecule is COC(=O)C[C@H](c1cc(F)c(F)c(F)c1)c1oc(CN2CCc3ccccc3C2)cc(=O)c1O. The van der Waals surface area contributed by atoms with Gasteiger partial charge in [-0.25, -0.2) is 13.2 Å². The molecule has 1 aliphatic rings. The van der Waals surface area contributed by atoms with Crippen LogP contribution in [0, 0.1) is 17.5 Å². The molecule has 4 rings (SSSR count). The second-order valence-corrected chi connectivity index (χ2v) is 8.15. The summed E-state index contributed by atoms with van der Waals surface area (Å²) < 4.78 is 51.8. The lowest BCUT2D eigenvalue weighted by atomic mass is 9.92. The molecule has 0 radical (unpaired) electrons. The van der Waals surface area contributed by atoms with Crippen LogP contribution < -0.4 is 5.43 Å². The van der Waals surface area contributed by atoms with Crippen LogP contribution in [0.4, 0.5) is 13.2 Å². The summed E-state index contributed by atoms with van der Waals surface area (Å²) >= 11 is 0. The van der Waals surface area contributed by atoms with Crippen molar-refractivity contribution in [1.82, 2.24) is 4.90 Å². The third kappa shape index (κ3) is 4.84. The molecule has 1 atom stereocenters. The summed E-state index contributed by atoms with van der Waals surface area (Å²) in [4.78, 5) is 26.6. The number of halogens is 3. The third-order valence-corrected chi connectivity index (χ3v) is 5.91. The van der Waals surface area contributed by atoms with Crippen LogP contribution in [0.1, 0.15) is 40.5 Å². The minimum absolute atomic E-state index is 0.190. The topological polar surface area (TPSA) is 80.0 Å². The van der Waals surface area contributed by atoms with Gasteiger partial charge in [0.15, 0.2) is 23.2 Å². The lowest BCUT2D eigenvalue weighted by Gasteiger charge is -2.28. The Morgan fingerprint density at radius 2 is 1.82 bits per heavy atom. The number of hydrogen-bond acceptors (Lipinski definition) is 6. The molecule has 178 valence electrons. The largest absolute Gasteiger partial charge is 0.502 e. The number of ether oxygens (including phenoxy) is 1. The van der Waals surface area contributed by atoms with Gasteiger partial charge in [0.2, 0.25) is 11.2 Å². The minimum Gasteiger partial charge on any atom is -0.502 e. The summed E-state index contributed by atoms with van der Waals surface area (Å²) in [5.74, 6) is -7.64. The number of rotatable bonds is 6. The maximum Gasteiger partial charge on any atom is 0.306 e. The summed E-state index contributed by atoms with van der Waals surface area (Å²) in [6.07, 6.45) is 0.308. The first-order chi connectivity index (χ1) is 16.3. The monoisotopic (exact) mass is 473 g/mol. The van der Waals surface area contributed by atoms with Crippen LogP contribution in [-0.2, 0) is 29.0 Å². The number of hydrogen-bond donors (Lipinski definition) is 1. The summed E-state index contributed by atoms with van der Waals surface area (Å²) in [6, 6.07) is 10.5. The van der Waals surface area contributed by atoms with Crippen molar-refractivity contribution in [2.24, 2.45) is 0 Å². The molecule has 1 aromatic heterocycles. The van der Waals surface area contributed by atoms with E-state index in [1.807, 2.05) is 23.1 Å². The van der Waals surface area contributed by atoms with Crippen molar-refractivity contribution in [2.45, 2.75) is 31.8 Å². The van der Waals surface area contributed by atoms with E-state index >= 15 is 0 Å².